The average Bonchev–Trinajstić information content (AvgIpc) is 3.05. The van der Waals surface area contributed by atoms with E-state index in [0.717, 1.165) is 28.1 Å². The molecule has 4 rings (SSSR count). The summed E-state index contributed by atoms with van der Waals surface area (Å²) in [6.45, 7) is 2.86. The van der Waals surface area contributed by atoms with E-state index in [0.29, 0.717) is 29.0 Å². The Bertz CT molecular complexity index is 996. The molecule has 2 heterocycles. The van der Waals surface area contributed by atoms with Gasteiger partial charge in [-0.2, -0.15) is 5.10 Å². The van der Waals surface area contributed by atoms with Crippen LogP contribution in [0.5, 0.6) is 5.75 Å². The quantitative estimate of drug-likeness (QED) is 0.437. The van der Waals surface area contributed by atoms with Gasteiger partial charge in [-0.3, -0.25) is 5.01 Å². The predicted molar refractivity (Wildman–Crippen MR) is 111 cm³/mol. The van der Waals surface area contributed by atoms with E-state index in [1.807, 2.05) is 47.5 Å². The molecule has 3 aromatic rings. The summed E-state index contributed by atoms with van der Waals surface area (Å²) in [5.41, 5.74) is 0.490. The molecule has 0 unspecified atom stereocenters. The first kappa shape index (κ1) is 18.2. The highest BCUT2D eigenvalue weighted by Gasteiger charge is 2.19. The summed E-state index contributed by atoms with van der Waals surface area (Å²) in [7, 11) is 0. The van der Waals surface area contributed by atoms with E-state index in [9.17, 15) is 4.79 Å². The smallest absolute Gasteiger partial charge is 0.344 e. The Morgan fingerprint density at radius 2 is 1.89 bits per heavy atom. The lowest BCUT2D eigenvalue weighted by Gasteiger charge is -2.23. The van der Waals surface area contributed by atoms with E-state index < -0.39 is 5.97 Å². The van der Waals surface area contributed by atoms with Crippen molar-refractivity contribution in [2.75, 3.05) is 26.3 Å². The number of thiophene rings is 1. The molecule has 27 heavy (non-hydrogen) atoms. The van der Waals surface area contributed by atoms with Gasteiger partial charge < -0.3 is 9.47 Å². The van der Waals surface area contributed by atoms with Gasteiger partial charge in [0.2, 0.25) is 0 Å². The summed E-state index contributed by atoms with van der Waals surface area (Å²) in [5, 5.41) is 7.42. The molecule has 0 aliphatic carbocycles. The van der Waals surface area contributed by atoms with Crippen molar-refractivity contribution in [3.8, 4) is 5.75 Å². The molecule has 0 atom stereocenters. The number of carbonyl (C=O) groups excluding carboxylic acids is 1. The summed E-state index contributed by atoms with van der Waals surface area (Å²) < 4.78 is 12.9. The second kappa shape index (κ2) is 8.21. The fraction of sp³-hybridized carbons (Fsp3) is 0.200. The second-order valence-corrected chi connectivity index (χ2v) is 7.91. The van der Waals surface area contributed by atoms with Gasteiger partial charge in [0.15, 0.2) is 5.75 Å². The standard InChI is InChI=1S/C20H17BrN2O3S/c21-16-7-3-1-5-14(16)20(24)26-19-15-6-2-4-8-17(15)27-18(19)13-22-23-9-11-25-12-10-23/h1-8,13H,9-12H2/b22-13+. The molecular weight excluding hydrogens is 428 g/mol. The van der Waals surface area contributed by atoms with Gasteiger partial charge in [0.25, 0.3) is 0 Å². The van der Waals surface area contributed by atoms with Crippen LogP contribution in [0, 0.1) is 0 Å². The molecule has 0 saturated carbocycles. The number of esters is 1. The van der Waals surface area contributed by atoms with Crippen molar-refractivity contribution in [3.05, 3.63) is 63.4 Å². The fourth-order valence-electron chi connectivity index (χ4n) is 2.81. The van der Waals surface area contributed by atoms with Crippen LogP contribution in [0.2, 0.25) is 0 Å². The van der Waals surface area contributed by atoms with E-state index in [1.54, 1.807) is 23.6 Å². The number of halogens is 1. The number of rotatable bonds is 4. The lowest BCUT2D eigenvalue weighted by atomic mass is 10.2. The summed E-state index contributed by atoms with van der Waals surface area (Å²) in [5.74, 6) is 0.153. The molecule has 0 bridgehead atoms. The maximum Gasteiger partial charge on any atom is 0.344 e. The molecule has 1 aromatic heterocycles. The highest BCUT2D eigenvalue weighted by atomic mass is 79.9. The van der Waals surface area contributed by atoms with Crippen LogP contribution in [0.4, 0.5) is 0 Å². The molecule has 0 spiro atoms. The Morgan fingerprint density at radius 1 is 1.15 bits per heavy atom. The zero-order chi connectivity index (χ0) is 18.6. The molecule has 1 saturated heterocycles. The van der Waals surface area contributed by atoms with Gasteiger partial charge in [-0.1, -0.05) is 24.3 Å². The van der Waals surface area contributed by atoms with Gasteiger partial charge in [0, 0.05) is 14.6 Å². The van der Waals surface area contributed by atoms with E-state index in [-0.39, 0.29) is 0 Å². The fourth-order valence-corrected chi connectivity index (χ4v) is 4.25. The van der Waals surface area contributed by atoms with E-state index in [4.69, 9.17) is 9.47 Å². The van der Waals surface area contributed by atoms with Gasteiger partial charge in [0.05, 0.1) is 43.0 Å². The van der Waals surface area contributed by atoms with Crippen LogP contribution in [-0.4, -0.2) is 43.5 Å². The van der Waals surface area contributed by atoms with E-state index in [1.165, 1.54) is 0 Å². The minimum absolute atomic E-state index is 0.396. The molecule has 1 fully saturated rings. The van der Waals surface area contributed by atoms with Crippen LogP contribution < -0.4 is 4.74 Å². The van der Waals surface area contributed by atoms with Crippen molar-refractivity contribution in [2.24, 2.45) is 5.10 Å². The predicted octanol–water partition coefficient (Wildman–Crippen LogP) is 4.55. The molecule has 1 aliphatic heterocycles. The first-order chi connectivity index (χ1) is 13.2. The third-order valence-corrected chi connectivity index (χ3v) is 5.97. The summed E-state index contributed by atoms with van der Waals surface area (Å²) in [6.07, 6.45) is 1.78. The third kappa shape index (κ3) is 4.05. The van der Waals surface area contributed by atoms with Crippen molar-refractivity contribution in [2.45, 2.75) is 0 Å². The highest BCUT2D eigenvalue weighted by Crippen LogP contribution is 2.37. The first-order valence-electron chi connectivity index (χ1n) is 8.57. The van der Waals surface area contributed by atoms with Crippen LogP contribution in [-0.2, 0) is 4.74 Å². The minimum atomic E-state index is -0.396. The topological polar surface area (TPSA) is 51.1 Å². The lowest BCUT2D eigenvalue weighted by molar-refractivity contribution is 0.0397. The number of hydrazone groups is 1. The molecule has 5 nitrogen and oxygen atoms in total. The van der Waals surface area contributed by atoms with Crippen LogP contribution in [0.3, 0.4) is 0 Å². The van der Waals surface area contributed by atoms with Gasteiger partial charge in [-0.15, -0.1) is 11.3 Å². The average molecular weight is 445 g/mol. The number of hydrogen-bond donors (Lipinski definition) is 0. The van der Waals surface area contributed by atoms with E-state index >= 15 is 0 Å². The van der Waals surface area contributed by atoms with Crippen LogP contribution in [0.15, 0.2) is 58.1 Å². The first-order valence-corrected chi connectivity index (χ1v) is 10.2. The number of carbonyl (C=O) groups is 1. The normalized spacial score (nSPS) is 14.8. The highest BCUT2D eigenvalue weighted by molar-refractivity contribution is 9.10. The van der Waals surface area contributed by atoms with E-state index in [2.05, 4.69) is 21.0 Å². The molecule has 0 radical (unpaired) electrons. The second-order valence-electron chi connectivity index (χ2n) is 5.97. The third-order valence-electron chi connectivity index (χ3n) is 4.19. The van der Waals surface area contributed by atoms with Gasteiger partial charge in [-0.25, -0.2) is 4.79 Å². The number of benzene rings is 2. The molecule has 0 N–H and O–H groups in total. The largest absolute Gasteiger partial charge is 0.421 e. The summed E-state index contributed by atoms with van der Waals surface area (Å²) >= 11 is 4.97. The molecule has 0 amide bonds. The van der Waals surface area contributed by atoms with Crippen molar-refractivity contribution in [3.63, 3.8) is 0 Å². The zero-order valence-corrected chi connectivity index (χ0v) is 16.8. The Labute approximate surface area is 169 Å². The summed E-state index contributed by atoms with van der Waals surface area (Å²) in [4.78, 5) is 13.5. The molecule has 1 aliphatic rings. The van der Waals surface area contributed by atoms with Crippen molar-refractivity contribution >= 4 is 49.5 Å². The maximum atomic E-state index is 12.7. The number of hydrogen-bond acceptors (Lipinski definition) is 6. The lowest BCUT2D eigenvalue weighted by Crippen LogP contribution is -2.32. The number of ether oxygens (including phenoxy) is 2. The number of fused-ring (bicyclic) bond motifs is 1. The van der Waals surface area contributed by atoms with Crippen LogP contribution >= 0.6 is 27.3 Å². The van der Waals surface area contributed by atoms with Gasteiger partial charge >= 0.3 is 5.97 Å². The Hall–Kier alpha value is -2.22. The maximum absolute atomic E-state index is 12.7. The Balaban J connectivity index is 1.67. The van der Waals surface area contributed by atoms with Crippen molar-refractivity contribution in [1.29, 1.82) is 0 Å². The van der Waals surface area contributed by atoms with Crippen molar-refractivity contribution < 1.29 is 14.3 Å². The summed E-state index contributed by atoms with van der Waals surface area (Å²) in [6, 6.07) is 15.1. The van der Waals surface area contributed by atoms with Gasteiger partial charge in [-0.05, 0) is 40.2 Å². The number of nitrogens with zero attached hydrogens (tertiary/aromatic N) is 2. The zero-order valence-electron chi connectivity index (χ0n) is 14.4. The van der Waals surface area contributed by atoms with Crippen LogP contribution in [0.1, 0.15) is 15.2 Å². The SMILES string of the molecule is O=C(Oc1c(/C=N/N2CCOCC2)sc2ccccc12)c1ccccc1Br. The molecule has 138 valence electrons. The minimum Gasteiger partial charge on any atom is -0.421 e. The monoisotopic (exact) mass is 444 g/mol. The Morgan fingerprint density at radius 3 is 2.70 bits per heavy atom. The van der Waals surface area contributed by atoms with Crippen LogP contribution in [0.25, 0.3) is 10.1 Å². The molecule has 2 aromatic carbocycles. The molecule has 7 heteroatoms. The Kier molecular flexibility index (Phi) is 5.52. The number of morpholine rings is 1. The van der Waals surface area contributed by atoms with Gasteiger partial charge in [0.1, 0.15) is 0 Å². The molecular formula is C20H17BrN2O3S. The van der Waals surface area contributed by atoms with Crippen molar-refractivity contribution in [1.82, 2.24) is 5.01 Å².